The van der Waals surface area contributed by atoms with Crippen molar-refractivity contribution in [3.63, 3.8) is 0 Å². The average molecular weight is 200 g/mol. The topological polar surface area (TPSA) is 46.3 Å². The fraction of sp³-hybridized carbons (Fsp3) is 0.727. The van der Waals surface area contributed by atoms with Crippen molar-refractivity contribution in [1.29, 1.82) is 0 Å². The molecule has 84 valence electrons. The molecular formula is C11H24N2O. The van der Waals surface area contributed by atoms with Crippen LogP contribution >= 0.6 is 0 Å². The SMILES string of the molecule is CC.NC(=O)/C=C/CN1CCCCC1.[HH]. The summed E-state index contributed by atoms with van der Waals surface area (Å²) >= 11 is 0. The zero-order valence-corrected chi connectivity index (χ0v) is 9.33. The molecule has 14 heavy (non-hydrogen) atoms. The molecule has 1 fully saturated rings. The molecule has 0 spiro atoms. The number of primary amides is 1. The lowest BCUT2D eigenvalue weighted by Gasteiger charge is -2.24. The van der Waals surface area contributed by atoms with Crippen LogP contribution in [0.1, 0.15) is 34.5 Å². The average Bonchev–Trinajstić information content (AvgIpc) is 2.22. The minimum absolute atomic E-state index is 0. The van der Waals surface area contributed by atoms with Gasteiger partial charge in [0.1, 0.15) is 0 Å². The van der Waals surface area contributed by atoms with Gasteiger partial charge < -0.3 is 5.73 Å². The Labute approximate surface area is 88.4 Å². The molecule has 1 aliphatic heterocycles. The molecule has 0 unspecified atom stereocenters. The third kappa shape index (κ3) is 6.66. The first-order chi connectivity index (χ1) is 6.79. The van der Waals surface area contributed by atoms with Crippen molar-refractivity contribution >= 4 is 5.91 Å². The van der Waals surface area contributed by atoms with Crippen LogP contribution in [0.15, 0.2) is 12.2 Å². The summed E-state index contributed by atoms with van der Waals surface area (Å²) in [5.74, 6) is -0.355. The highest BCUT2D eigenvalue weighted by Crippen LogP contribution is 2.07. The number of amides is 1. The van der Waals surface area contributed by atoms with E-state index in [4.69, 9.17) is 5.73 Å². The Kier molecular flexibility index (Phi) is 8.24. The molecule has 1 heterocycles. The highest BCUT2D eigenvalue weighted by Gasteiger charge is 2.07. The van der Waals surface area contributed by atoms with E-state index in [0.29, 0.717) is 0 Å². The third-order valence-corrected chi connectivity index (χ3v) is 2.09. The van der Waals surface area contributed by atoms with Crippen LogP contribution in [0.4, 0.5) is 0 Å². The van der Waals surface area contributed by atoms with E-state index >= 15 is 0 Å². The number of carbonyl (C=O) groups excluding carboxylic acids is 1. The molecule has 0 aromatic rings. The van der Waals surface area contributed by atoms with Gasteiger partial charge >= 0.3 is 0 Å². The number of rotatable bonds is 3. The predicted octanol–water partition coefficient (Wildman–Crippen LogP) is 1.79. The Morgan fingerprint density at radius 2 is 1.93 bits per heavy atom. The second kappa shape index (κ2) is 8.75. The first-order valence-corrected chi connectivity index (χ1v) is 5.47. The maximum absolute atomic E-state index is 10.4. The lowest BCUT2D eigenvalue weighted by Crippen LogP contribution is -2.29. The van der Waals surface area contributed by atoms with Crippen LogP contribution in [0.25, 0.3) is 0 Å². The molecule has 1 rings (SSSR count). The van der Waals surface area contributed by atoms with E-state index in [-0.39, 0.29) is 7.33 Å². The smallest absolute Gasteiger partial charge is 0.241 e. The molecule has 1 amide bonds. The summed E-state index contributed by atoms with van der Waals surface area (Å²) in [5, 5.41) is 0. The maximum atomic E-state index is 10.4. The minimum Gasteiger partial charge on any atom is -0.366 e. The van der Waals surface area contributed by atoms with Gasteiger partial charge in [-0.1, -0.05) is 26.3 Å². The number of hydrogen-bond donors (Lipinski definition) is 1. The summed E-state index contributed by atoms with van der Waals surface area (Å²) in [5.41, 5.74) is 4.96. The molecule has 3 nitrogen and oxygen atoms in total. The first kappa shape index (κ1) is 13.2. The third-order valence-electron chi connectivity index (χ3n) is 2.09. The van der Waals surface area contributed by atoms with Crippen molar-refractivity contribution in [2.75, 3.05) is 19.6 Å². The van der Waals surface area contributed by atoms with Crippen LogP contribution in [0.5, 0.6) is 0 Å². The fourth-order valence-electron chi connectivity index (χ4n) is 1.46. The lowest BCUT2D eigenvalue weighted by atomic mass is 10.1. The van der Waals surface area contributed by atoms with Crippen LogP contribution in [-0.2, 0) is 4.79 Å². The van der Waals surface area contributed by atoms with Crippen LogP contribution in [0.2, 0.25) is 0 Å². The molecule has 0 radical (unpaired) electrons. The van der Waals surface area contributed by atoms with E-state index in [0.717, 1.165) is 19.6 Å². The summed E-state index contributed by atoms with van der Waals surface area (Å²) in [7, 11) is 0. The quantitative estimate of drug-likeness (QED) is 0.706. The summed E-state index contributed by atoms with van der Waals surface area (Å²) in [6.07, 6.45) is 7.19. The normalized spacial score (nSPS) is 17.6. The Morgan fingerprint density at radius 1 is 1.36 bits per heavy atom. The van der Waals surface area contributed by atoms with Gasteiger partial charge in [-0.15, -0.1) is 0 Å². The molecule has 0 aromatic heterocycles. The van der Waals surface area contributed by atoms with Crippen molar-refractivity contribution in [2.45, 2.75) is 33.1 Å². The van der Waals surface area contributed by atoms with Gasteiger partial charge in [0.15, 0.2) is 0 Å². The summed E-state index contributed by atoms with van der Waals surface area (Å²) in [6.45, 7) is 7.18. The van der Waals surface area contributed by atoms with Gasteiger partial charge in [-0.05, 0) is 32.0 Å². The summed E-state index contributed by atoms with van der Waals surface area (Å²) < 4.78 is 0. The Balaban J connectivity index is 0. The van der Waals surface area contributed by atoms with Gasteiger partial charge in [-0.2, -0.15) is 0 Å². The van der Waals surface area contributed by atoms with E-state index in [1.807, 2.05) is 19.9 Å². The molecule has 1 aliphatic rings. The van der Waals surface area contributed by atoms with Crippen molar-refractivity contribution in [3.05, 3.63) is 12.2 Å². The van der Waals surface area contributed by atoms with E-state index in [1.54, 1.807) is 0 Å². The van der Waals surface area contributed by atoms with Crippen molar-refractivity contribution < 1.29 is 6.22 Å². The maximum Gasteiger partial charge on any atom is 0.241 e. The molecule has 0 aromatic carbocycles. The minimum atomic E-state index is -0.355. The van der Waals surface area contributed by atoms with Gasteiger partial charge in [0, 0.05) is 7.97 Å². The molecule has 2 N–H and O–H groups in total. The molecule has 0 aliphatic carbocycles. The Hall–Kier alpha value is -0.830. The summed E-state index contributed by atoms with van der Waals surface area (Å²) in [6, 6.07) is 0. The van der Waals surface area contributed by atoms with Crippen LogP contribution in [0.3, 0.4) is 0 Å². The molecular weight excluding hydrogens is 176 g/mol. The van der Waals surface area contributed by atoms with Crippen LogP contribution in [0, 0.1) is 0 Å². The number of hydrogen-bond acceptors (Lipinski definition) is 2. The van der Waals surface area contributed by atoms with E-state index in [2.05, 4.69) is 4.90 Å². The zero-order valence-electron chi connectivity index (χ0n) is 9.33. The monoisotopic (exact) mass is 200 g/mol. The van der Waals surface area contributed by atoms with E-state index in [1.165, 1.54) is 25.3 Å². The molecule has 3 heteroatoms. The van der Waals surface area contributed by atoms with Crippen LogP contribution in [-0.4, -0.2) is 30.4 Å². The largest absolute Gasteiger partial charge is 0.366 e. The first-order valence-electron chi connectivity index (χ1n) is 5.47. The van der Waals surface area contributed by atoms with Crippen LogP contribution < -0.4 is 5.73 Å². The number of likely N-dealkylation sites (tertiary alicyclic amines) is 1. The lowest BCUT2D eigenvalue weighted by molar-refractivity contribution is -0.113. The Bertz CT molecular complexity index is 177. The van der Waals surface area contributed by atoms with E-state index in [9.17, 15) is 4.79 Å². The van der Waals surface area contributed by atoms with Gasteiger partial charge in [-0.3, -0.25) is 9.69 Å². The molecule has 0 bridgehead atoms. The van der Waals surface area contributed by atoms with Crippen molar-refractivity contribution in [2.24, 2.45) is 5.73 Å². The second-order valence-electron chi connectivity index (χ2n) is 3.17. The van der Waals surface area contributed by atoms with Gasteiger partial charge in [-0.25, -0.2) is 0 Å². The molecule has 0 saturated carbocycles. The Morgan fingerprint density at radius 3 is 2.43 bits per heavy atom. The molecule has 1 saturated heterocycles. The summed E-state index contributed by atoms with van der Waals surface area (Å²) in [4.78, 5) is 12.7. The fourth-order valence-corrected chi connectivity index (χ4v) is 1.46. The van der Waals surface area contributed by atoms with Crippen molar-refractivity contribution in [1.82, 2.24) is 4.90 Å². The highest BCUT2D eigenvalue weighted by molar-refractivity contribution is 5.85. The van der Waals surface area contributed by atoms with Gasteiger partial charge in [0.05, 0.1) is 0 Å². The zero-order chi connectivity index (χ0) is 10.8. The van der Waals surface area contributed by atoms with E-state index < -0.39 is 0 Å². The number of carbonyl (C=O) groups is 1. The standard InChI is InChI=1S/C9H16N2O.C2H6.H2/c10-9(12)5-4-8-11-6-2-1-3-7-11;1-2;/h4-5H,1-3,6-8H2,(H2,10,12);1-2H3;1H/b5-4+;;. The highest BCUT2D eigenvalue weighted by atomic mass is 16.1. The van der Waals surface area contributed by atoms with Gasteiger partial charge in [0.25, 0.3) is 0 Å². The number of nitrogens with two attached hydrogens (primary N) is 1. The molecule has 0 atom stereocenters. The second-order valence-corrected chi connectivity index (χ2v) is 3.17. The number of piperidine rings is 1. The van der Waals surface area contributed by atoms with Crippen molar-refractivity contribution in [3.8, 4) is 0 Å². The predicted molar refractivity (Wildman–Crippen MR) is 62.1 cm³/mol. The number of nitrogens with zero attached hydrogens (tertiary/aromatic N) is 1. The van der Waals surface area contributed by atoms with Gasteiger partial charge in [0.2, 0.25) is 5.91 Å².